The van der Waals surface area contributed by atoms with Gasteiger partial charge in [-0.1, -0.05) is 24.1 Å². The fourth-order valence-corrected chi connectivity index (χ4v) is 3.20. The predicted octanol–water partition coefficient (Wildman–Crippen LogP) is 3.59. The van der Waals surface area contributed by atoms with Crippen molar-refractivity contribution in [2.24, 2.45) is 0 Å². The number of rotatable bonds is 5. The number of hydrogen-bond donors (Lipinski definition) is 1. The highest BCUT2D eigenvalue weighted by Crippen LogP contribution is 2.26. The first kappa shape index (κ1) is 14.3. The number of nitrogens with one attached hydrogen (secondary N) is 1. The molecule has 1 saturated heterocycles. The number of benzene rings is 1. The van der Waals surface area contributed by atoms with Crippen LogP contribution in [0.25, 0.3) is 0 Å². The van der Waals surface area contributed by atoms with Gasteiger partial charge in [0.1, 0.15) is 5.82 Å². The minimum absolute atomic E-state index is 0.183. The van der Waals surface area contributed by atoms with E-state index in [1.165, 1.54) is 38.2 Å². The molecule has 0 aromatic heterocycles. The Morgan fingerprint density at radius 1 is 1.25 bits per heavy atom. The second-order valence-corrected chi connectivity index (χ2v) is 6.41. The second-order valence-electron chi connectivity index (χ2n) is 6.00. The van der Waals surface area contributed by atoms with E-state index in [2.05, 4.69) is 10.2 Å². The van der Waals surface area contributed by atoms with Gasteiger partial charge in [-0.25, -0.2) is 4.39 Å². The Bertz CT molecular complexity index is 442. The molecule has 1 aromatic carbocycles. The van der Waals surface area contributed by atoms with Crippen molar-refractivity contribution in [2.45, 2.75) is 50.7 Å². The normalized spacial score (nSPS) is 24.0. The van der Waals surface area contributed by atoms with Crippen molar-refractivity contribution in [2.75, 3.05) is 13.1 Å². The summed E-state index contributed by atoms with van der Waals surface area (Å²) in [7, 11) is 0. The molecular formula is C16H22ClFN2. The van der Waals surface area contributed by atoms with Crippen LogP contribution in [0.2, 0.25) is 5.02 Å². The molecule has 1 aromatic rings. The Morgan fingerprint density at radius 3 is 2.85 bits per heavy atom. The first-order valence-corrected chi connectivity index (χ1v) is 8.02. The molecule has 2 fully saturated rings. The molecule has 1 atom stereocenters. The molecule has 1 heterocycles. The summed E-state index contributed by atoms with van der Waals surface area (Å²) in [4.78, 5) is 2.39. The van der Waals surface area contributed by atoms with Crippen molar-refractivity contribution in [1.82, 2.24) is 10.2 Å². The van der Waals surface area contributed by atoms with Crippen LogP contribution < -0.4 is 5.32 Å². The largest absolute Gasteiger partial charge is 0.312 e. The molecule has 1 saturated carbocycles. The van der Waals surface area contributed by atoms with Gasteiger partial charge in [0, 0.05) is 35.8 Å². The maximum atomic E-state index is 13.9. The lowest BCUT2D eigenvalue weighted by Crippen LogP contribution is -2.45. The van der Waals surface area contributed by atoms with Gasteiger partial charge in [-0.2, -0.15) is 0 Å². The standard InChI is InChI=1S/C16H22ClFN2/c17-15-5-3-6-16(18)14(15)11-20-9-2-1-4-13(20)10-19-12-7-8-12/h3,5-6,12-13,19H,1-2,4,7-11H2. The van der Waals surface area contributed by atoms with Crippen molar-refractivity contribution < 1.29 is 4.39 Å². The summed E-state index contributed by atoms with van der Waals surface area (Å²) in [6.45, 7) is 2.70. The van der Waals surface area contributed by atoms with Crippen molar-refractivity contribution in [1.29, 1.82) is 0 Å². The van der Waals surface area contributed by atoms with Gasteiger partial charge in [-0.05, 0) is 44.4 Å². The van der Waals surface area contributed by atoms with Crippen molar-refractivity contribution in [3.8, 4) is 0 Å². The Morgan fingerprint density at radius 2 is 2.10 bits per heavy atom. The number of halogens is 2. The van der Waals surface area contributed by atoms with Crippen LogP contribution >= 0.6 is 11.6 Å². The maximum absolute atomic E-state index is 13.9. The van der Waals surface area contributed by atoms with Crippen molar-refractivity contribution >= 4 is 11.6 Å². The Hall–Kier alpha value is -0.640. The van der Waals surface area contributed by atoms with E-state index < -0.39 is 0 Å². The van der Waals surface area contributed by atoms with Crippen LogP contribution in [0.15, 0.2) is 18.2 Å². The molecule has 4 heteroatoms. The van der Waals surface area contributed by atoms with E-state index in [1.807, 2.05) is 0 Å². The van der Waals surface area contributed by atoms with Gasteiger partial charge in [0.15, 0.2) is 0 Å². The van der Waals surface area contributed by atoms with E-state index in [-0.39, 0.29) is 5.82 Å². The molecule has 1 aliphatic heterocycles. The number of likely N-dealkylation sites (tertiary alicyclic amines) is 1. The molecule has 20 heavy (non-hydrogen) atoms. The summed E-state index contributed by atoms with van der Waals surface area (Å²) in [6.07, 6.45) is 6.30. The molecular weight excluding hydrogens is 275 g/mol. The molecule has 0 spiro atoms. The number of hydrogen-bond acceptors (Lipinski definition) is 2. The van der Waals surface area contributed by atoms with E-state index in [0.717, 1.165) is 19.1 Å². The van der Waals surface area contributed by atoms with Crippen LogP contribution in [0, 0.1) is 5.82 Å². The van der Waals surface area contributed by atoms with Crippen molar-refractivity contribution in [3.05, 3.63) is 34.6 Å². The summed E-state index contributed by atoms with van der Waals surface area (Å²) in [5.41, 5.74) is 0.646. The highest BCUT2D eigenvalue weighted by molar-refractivity contribution is 6.31. The third kappa shape index (κ3) is 3.51. The van der Waals surface area contributed by atoms with Gasteiger partial charge in [-0.3, -0.25) is 4.90 Å². The molecule has 3 rings (SSSR count). The predicted molar refractivity (Wildman–Crippen MR) is 80.5 cm³/mol. The van der Waals surface area contributed by atoms with Crippen LogP contribution in [0.4, 0.5) is 4.39 Å². The molecule has 2 aliphatic rings. The fraction of sp³-hybridized carbons (Fsp3) is 0.625. The van der Waals surface area contributed by atoms with Gasteiger partial charge >= 0.3 is 0 Å². The molecule has 1 aliphatic carbocycles. The quantitative estimate of drug-likeness (QED) is 0.893. The zero-order valence-corrected chi connectivity index (χ0v) is 12.5. The molecule has 0 amide bonds. The van der Waals surface area contributed by atoms with E-state index >= 15 is 0 Å². The summed E-state index contributed by atoms with van der Waals surface area (Å²) in [6, 6.07) is 6.20. The van der Waals surface area contributed by atoms with Crippen molar-refractivity contribution in [3.63, 3.8) is 0 Å². The molecule has 2 nitrogen and oxygen atoms in total. The SMILES string of the molecule is Fc1cccc(Cl)c1CN1CCCCC1CNC1CC1. The maximum Gasteiger partial charge on any atom is 0.129 e. The zero-order chi connectivity index (χ0) is 13.9. The van der Waals surface area contributed by atoms with Gasteiger partial charge in [0.2, 0.25) is 0 Å². The minimum Gasteiger partial charge on any atom is -0.312 e. The van der Waals surface area contributed by atoms with Crippen LogP contribution in [0.5, 0.6) is 0 Å². The van der Waals surface area contributed by atoms with Crippen LogP contribution in [0.1, 0.15) is 37.7 Å². The number of nitrogens with zero attached hydrogens (tertiary/aromatic N) is 1. The summed E-state index contributed by atoms with van der Waals surface area (Å²) >= 11 is 6.15. The second kappa shape index (κ2) is 6.42. The van der Waals surface area contributed by atoms with Crippen LogP contribution in [-0.2, 0) is 6.54 Å². The Kier molecular flexibility index (Phi) is 4.59. The van der Waals surface area contributed by atoms with Gasteiger partial charge < -0.3 is 5.32 Å². The van der Waals surface area contributed by atoms with E-state index in [4.69, 9.17) is 11.6 Å². The summed E-state index contributed by atoms with van der Waals surface area (Å²) < 4.78 is 13.9. The smallest absolute Gasteiger partial charge is 0.129 e. The van der Waals surface area contributed by atoms with E-state index in [1.54, 1.807) is 12.1 Å². The molecule has 110 valence electrons. The first-order valence-electron chi connectivity index (χ1n) is 7.64. The monoisotopic (exact) mass is 296 g/mol. The molecule has 0 radical (unpaired) electrons. The van der Waals surface area contributed by atoms with E-state index in [9.17, 15) is 4.39 Å². The van der Waals surface area contributed by atoms with Gasteiger partial charge in [0.25, 0.3) is 0 Å². The lowest BCUT2D eigenvalue weighted by molar-refractivity contribution is 0.135. The third-order valence-corrected chi connectivity index (χ3v) is 4.75. The third-order valence-electron chi connectivity index (χ3n) is 4.39. The topological polar surface area (TPSA) is 15.3 Å². The molecule has 1 N–H and O–H groups in total. The Balaban J connectivity index is 1.66. The Labute approximate surface area is 125 Å². The highest BCUT2D eigenvalue weighted by atomic mass is 35.5. The van der Waals surface area contributed by atoms with Gasteiger partial charge in [-0.15, -0.1) is 0 Å². The lowest BCUT2D eigenvalue weighted by atomic mass is 10.0. The molecule has 0 bridgehead atoms. The number of piperidine rings is 1. The first-order chi connectivity index (χ1) is 9.74. The fourth-order valence-electron chi connectivity index (χ4n) is 2.98. The zero-order valence-electron chi connectivity index (χ0n) is 11.7. The molecule has 1 unspecified atom stereocenters. The summed E-state index contributed by atoms with van der Waals surface area (Å²) in [5.74, 6) is -0.183. The average molecular weight is 297 g/mol. The average Bonchev–Trinajstić information content (AvgIpc) is 3.26. The van der Waals surface area contributed by atoms with Gasteiger partial charge in [0.05, 0.1) is 0 Å². The van der Waals surface area contributed by atoms with Crippen LogP contribution in [-0.4, -0.2) is 30.1 Å². The lowest BCUT2D eigenvalue weighted by Gasteiger charge is -2.36. The minimum atomic E-state index is -0.183. The van der Waals surface area contributed by atoms with E-state index in [0.29, 0.717) is 23.2 Å². The summed E-state index contributed by atoms with van der Waals surface area (Å²) in [5, 5.41) is 4.15. The van der Waals surface area contributed by atoms with Crippen LogP contribution in [0.3, 0.4) is 0 Å². The highest BCUT2D eigenvalue weighted by Gasteiger charge is 2.27.